The van der Waals surface area contributed by atoms with Crippen LogP contribution in [0.4, 0.5) is 0 Å². The van der Waals surface area contributed by atoms with Crippen molar-refractivity contribution in [2.45, 2.75) is 66.2 Å². The van der Waals surface area contributed by atoms with E-state index in [4.69, 9.17) is 0 Å². The Hall–Kier alpha value is -1.05. The molecule has 2 nitrogen and oxygen atoms in total. The molecule has 0 amide bonds. The summed E-state index contributed by atoms with van der Waals surface area (Å²) in [6.07, 6.45) is 10.7. The lowest BCUT2D eigenvalue weighted by molar-refractivity contribution is -0.134. The molecule has 0 saturated heterocycles. The van der Waals surface area contributed by atoms with Gasteiger partial charge in [-0.1, -0.05) is 45.8 Å². The number of methoxy groups -OCH3 is 1. The second-order valence-corrected chi connectivity index (χ2v) is 6.89. The van der Waals surface area contributed by atoms with Crippen molar-refractivity contribution >= 4 is 5.97 Å². The molecule has 0 aromatic heterocycles. The average Bonchev–Trinajstić information content (AvgIpc) is 2.41. The molecule has 1 atom stereocenters. The zero-order chi connectivity index (χ0) is 15.2. The summed E-state index contributed by atoms with van der Waals surface area (Å²) in [5.74, 6) is 0.495. The van der Waals surface area contributed by atoms with Crippen molar-refractivity contribution in [2.75, 3.05) is 7.11 Å². The predicted octanol–water partition coefficient (Wildman–Crippen LogP) is 5.05. The summed E-state index contributed by atoms with van der Waals surface area (Å²) in [4.78, 5) is 11.3. The van der Waals surface area contributed by atoms with Crippen LogP contribution in [0, 0.1) is 11.3 Å². The Morgan fingerprint density at radius 3 is 2.65 bits per heavy atom. The molecule has 1 aliphatic carbocycles. The SMILES string of the molecule is CCCCC1=C(/C=C/C(=O)OC)CCC(C(C)(C)C)C1. The van der Waals surface area contributed by atoms with Gasteiger partial charge in [0, 0.05) is 6.08 Å². The van der Waals surface area contributed by atoms with Crippen LogP contribution in [0.2, 0.25) is 0 Å². The van der Waals surface area contributed by atoms with Crippen LogP contribution in [0.25, 0.3) is 0 Å². The number of hydrogen-bond acceptors (Lipinski definition) is 2. The van der Waals surface area contributed by atoms with Gasteiger partial charge in [0.2, 0.25) is 0 Å². The van der Waals surface area contributed by atoms with Crippen LogP contribution in [0.1, 0.15) is 66.2 Å². The molecule has 0 heterocycles. The Balaban J connectivity index is 2.87. The highest BCUT2D eigenvalue weighted by Crippen LogP contribution is 2.41. The van der Waals surface area contributed by atoms with E-state index in [0.29, 0.717) is 5.41 Å². The molecular weight excluding hydrogens is 248 g/mol. The lowest BCUT2D eigenvalue weighted by Crippen LogP contribution is -2.24. The fourth-order valence-corrected chi connectivity index (χ4v) is 2.87. The number of esters is 1. The predicted molar refractivity (Wildman–Crippen MR) is 84.5 cm³/mol. The van der Waals surface area contributed by atoms with Gasteiger partial charge in [-0.2, -0.15) is 0 Å². The summed E-state index contributed by atoms with van der Waals surface area (Å²) in [7, 11) is 1.43. The highest BCUT2D eigenvalue weighted by Gasteiger charge is 2.29. The maximum Gasteiger partial charge on any atom is 0.330 e. The monoisotopic (exact) mass is 278 g/mol. The minimum Gasteiger partial charge on any atom is -0.466 e. The number of allylic oxidation sites excluding steroid dienone is 3. The van der Waals surface area contributed by atoms with Gasteiger partial charge in [0.15, 0.2) is 0 Å². The highest BCUT2D eigenvalue weighted by atomic mass is 16.5. The maximum atomic E-state index is 11.3. The van der Waals surface area contributed by atoms with Crippen LogP contribution in [-0.2, 0) is 9.53 Å². The van der Waals surface area contributed by atoms with Crippen LogP contribution in [0.3, 0.4) is 0 Å². The van der Waals surface area contributed by atoms with Crippen LogP contribution >= 0.6 is 0 Å². The van der Waals surface area contributed by atoms with Gasteiger partial charge < -0.3 is 4.74 Å². The van der Waals surface area contributed by atoms with Gasteiger partial charge in [-0.05, 0) is 49.0 Å². The number of unbranched alkanes of at least 4 members (excludes halogenated alkanes) is 1. The first-order chi connectivity index (χ1) is 9.38. The first-order valence-electron chi connectivity index (χ1n) is 7.85. The zero-order valence-electron chi connectivity index (χ0n) is 13.8. The normalized spacial score (nSPS) is 20.6. The lowest BCUT2D eigenvalue weighted by atomic mass is 9.70. The van der Waals surface area contributed by atoms with Gasteiger partial charge in [-0.3, -0.25) is 0 Å². The van der Waals surface area contributed by atoms with Crippen molar-refractivity contribution in [3.8, 4) is 0 Å². The van der Waals surface area contributed by atoms with E-state index in [1.165, 1.54) is 44.8 Å². The Labute approximate surface area is 124 Å². The van der Waals surface area contributed by atoms with Gasteiger partial charge in [0.05, 0.1) is 7.11 Å². The first kappa shape index (κ1) is 17.0. The number of hydrogen-bond donors (Lipinski definition) is 0. The lowest BCUT2D eigenvalue weighted by Gasteiger charge is -2.36. The summed E-state index contributed by atoms with van der Waals surface area (Å²) in [5.41, 5.74) is 3.29. The molecule has 0 aromatic carbocycles. The summed E-state index contributed by atoms with van der Waals surface area (Å²) >= 11 is 0. The third-order valence-corrected chi connectivity index (χ3v) is 4.39. The molecule has 0 aromatic rings. The molecule has 0 saturated carbocycles. The van der Waals surface area contributed by atoms with Crippen molar-refractivity contribution in [1.29, 1.82) is 0 Å². The van der Waals surface area contributed by atoms with Crippen LogP contribution in [0.5, 0.6) is 0 Å². The van der Waals surface area contributed by atoms with E-state index >= 15 is 0 Å². The third-order valence-electron chi connectivity index (χ3n) is 4.39. The van der Waals surface area contributed by atoms with Gasteiger partial charge in [-0.25, -0.2) is 4.79 Å². The fourth-order valence-electron chi connectivity index (χ4n) is 2.87. The molecule has 20 heavy (non-hydrogen) atoms. The van der Waals surface area contributed by atoms with Gasteiger partial charge in [0.25, 0.3) is 0 Å². The van der Waals surface area contributed by atoms with Crippen LogP contribution < -0.4 is 0 Å². The highest BCUT2D eigenvalue weighted by molar-refractivity contribution is 5.82. The number of ether oxygens (including phenoxy) is 1. The van der Waals surface area contributed by atoms with Gasteiger partial charge in [-0.15, -0.1) is 0 Å². The standard InChI is InChI=1S/C18H30O2/c1-6-7-8-15-13-16(18(2,3)4)11-9-14(15)10-12-17(19)20-5/h10,12,16H,6-9,11,13H2,1-5H3/b12-10+. The van der Waals surface area contributed by atoms with Crippen molar-refractivity contribution in [1.82, 2.24) is 0 Å². The average molecular weight is 278 g/mol. The minimum absolute atomic E-state index is 0.259. The first-order valence-corrected chi connectivity index (χ1v) is 7.85. The summed E-state index contributed by atoms with van der Waals surface area (Å²) in [5, 5.41) is 0. The second kappa shape index (κ2) is 7.66. The van der Waals surface area contributed by atoms with E-state index in [1.54, 1.807) is 11.6 Å². The van der Waals surface area contributed by atoms with E-state index < -0.39 is 0 Å². The second-order valence-electron chi connectivity index (χ2n) is 6.89. The largest absolute Gasteiger partial charge is 0.466 e. The fraction of sp³-hybridized carbons (Fsp3) is 0.722. The minimum atomic E-state index is -0.259. The van der Waals surface area contributed by atoms with Gasteiger partial charge >= 0.3 is 5.97 Å². The van der Waals surface area contributed by atoms with E-state index in [1.807, 2.05) is 6.08 Å². The van der Waals surface area contributed by atoms with Crippen LogP contribution in [0.15, 0.2) is 23.3 Å². The summed E-state index contributed by atoms with van der Waals surface area (Å²) in [6, 6.07) is 0. The number of carbonyl (C=O) groups excluding carboxylic acids is 1. The van der Waals surface area contributed by atoms with Gasteiger partial charge in [0.1, 0.15) is 0 Å². The van der Waals surface area contributed by atoms with E-state index in [9.17, 15) is 4.79 Å². The number of rotatable bonds is 5. The third kappa shape index (κ3) is 5.15. The Bertz CT molecular complexity index is 383. The molecular formula is C18H30O2. The van der Waals surface area contributed by atoms with Crippen molar-refractivity contribution in [3.05, 3.63) is 23.3 Å². The van der Waals surface area contributed by atoms with E-state index in [0.717, 1.165) is 12.3 Å². The molecule has 0 radical (unpaired) electrons. The number of carbonyl (C=O) groups is 1. The molecule has 0 N–H and O–H groups in total. The molecule has 1 aliphatic rings. The van der Waals surface area contributed by atoms with E-state index in [-0.39, 0.29) is 5.97 Å². The van der Waals surface area contributed by atoms with Crippen molar-refractivity contribution in [3.63, 3.8) is 0 Å². The quantitative estimate of drug-likeness (QED) is 0.519. The molecule has 1 rings (SSSR count). The molecule has 1 unspecified atom stereocenters. The summed E-state index contributed by atoms with van der Waals surface area (Å²) in [6.45, 7) is 9.24. The smallest absolute Gasteiger partial charge is 0.330 e. The Morgan fingerprint density at radius 1 is 1.40 bits per heavy atom. The molecule has 0 fully saturated rings. The zero-order valence-corrected chi connectivity index (χ0v) is 13.8. The van der Waals surface area contributed by atoms with Crippen molar-refractivity contribution in [2.24, 2.45) is 11.3 Å². The van der Waals surface area contributed by atoms with E-state index in [2.05, 4.69) is 32.4 Å². The molecule has 0 spiro atoms. The molecule has 0 aliphatic heterocycles. The van der Waals surface area contributed by atoms with Crippen molar-refractivity contribution < 1.29 is 9.53 Å². The molecule has 0 bridgehead atoms. The maximum absolute atomic E-state index is 11.3. The summed E-state index contributed by atoms with van der Waals surface area (Å²) < 4.78 is 4.68. The Morgan fingerprint density at radius 2 is 2.10 bits per heavy atom. The van der Waals surface area contributed by atoms with Crippen LogP contribution in [-0.4, -0.2) is 13.1 Å². The topological polar surface area (TPSA) is 26.3 Å². The Kier molecular flexibility index (Phi) is 6.51. The molecule has 114 valence electrons. The molecule has 2 heteroatoms.